The van der Waals surface area contributed by atoms with Gasteiger partial charge in [-0.2, -0.15) is 0 Å². The summed E-state index contributed by atoms with van der Waals surface area (Å²) >= 11 is 0. The van der Waals surface area contributed by atoms with Crippen molar-refractivity contribution < 1.29 is 9.59 Å². The third kappa shape index (κ3) is 3.85. The quantitative estimate of drug-likeness (QED) is 0.730. The molecule has 116 valence electrons. The summed E-state index contributed by atoms with van der Waals surface area (Å²) in [6.45, 7) is 2.95. The second-order valence-electron chi connectivity index (χ2n) is 6.07. The number of carbonyl (C=O) groups excluding carboxylic acids is 2. The highest BCUT2D eigenvalue weighted by Crippen LogP contribution is 2.29. The lowest BCUT2D eigenvalue weighted by atomic mass is 9.80. The minimum atomic E-state index is -0.788. The molecule has 4 N–H and O–H groups in total. The van der Waals surface area contributed by atoms with Gasteiger partial charge in [-0.1, -0.05) is 19.3 Å². The van der Waals surface area contributed by atoms with E-state index in [9.17, 15) is 9.59 Å². The second kappa shape index (κ2) is 7.27. The fraction of sp³-hybridized carbons (Fsp3) is 0.857. The van der Waals surface area contributed by atoms with Crippen LogP contribution in [0.1, 0.15) is 51.9 Å². The van der Waals surface area contributed by atoms with Gasteiger partial charge in [-0.05, 0) is 39.2 Å². The molecule has 6 heteroatoms. The van der Waals surface area contributed by atoms with E-state index in [-0.39, 0.29) is 30.1 Å². The van der Waals surface area contributed by atoms with Gasteiger partial charge in [0.1, 0.15) is 5.54 Å². The molecule has 1 saturated carbocycles. The number of piperidine rings is 1. The third-order valence-electron chi connectivity index (χ3n) is 4.54. The van der Waals surface area contributed by atoms with Gasteiger partial charge in [-0.15, -0.1) is 12.4 Å². The number of rotatable bonds is 3. The van der Waals surface area contributed by atoms with Gasteiger partial charge in [-0.3, -0.25) is 9.59 Å². The lowest BCUT2D eigenvalue weighted by molar-refractivity contribution is -0.135. The molecule has 20 heavy (non-hydrogen) atoms. The summed E-state index contributed by atoms with van der Waals surface area (Å²) in [5, 5.41) is 6.31. The number of halogens is 1. The van der Waals surface area contributed by atoms with Crippen molar-refractivity contribution in [2.45, 2.75) is 63.5 Å². The molecule has 0 spiro atoms. The fourth-order valence-electron chi connectivity index (χ4n) is 3.30. The van der Waals surface area contributed by atoms with Crippen LogP contribution in [-0.4, -0.2) is 29.9 Å². The average Bonchev–Trinajstić information content (AvgIpc) is 2.39. The maximum atomic E-state index is 12.4. The van der Waals surface area contributed by atoms with E-state index in [0.717, 1.165) is 38.6 Å². The monoisotopic (exact) mass is 303 g/mol. The Bertz CT molecular complexity index is 356. The Labute approximate surface area is 126 Å². The molecule has 2 atom stereocenters. The lowest BCUT2D eigenvalue weighted by Gasteiger charge is -2.37. The first-order valence-corrected chi connectivity index (χ1v) is 7.39. The summed E-state index contributed by atoms with van der Waals surface area (Å²) in [4.78, 5) is 24.1. The van der Waals surface area contributed by atoms with Gasteiger partial charge in [0.05, 0.1) is 0 Å². The number of primary amides is 1. The predicted octanol–water partition coefficient (Wildman–Crippen LogP) is 1.10. The molecule has 0 bridgehead atoms. The highest BCUT2D eigenvalue weighted by atomic mass is 35.5. The topological polar surface area (TPSA) is 84.2 Å². The Kier molecular flexibility index (Phi) is 6.27. The molecule has 2 fully saturated rings. The zero-order valence-electron chi connectivity index (χ0n) is 12.1. The van der Waals surface area contributed by atoms with Crippen LogP contribution in [0.5, 0.6) is 0 Å². The number of carbonyl (C=O) groups is 2. The largest absolute Gasteiger partial charge is 0.368 e. The van der Waals surface area contributed by atoms with Crippen LogP contribution in [0.3, 0.4) is 0 Å². The van der Waals surface area contributed by atoms with E-state index in [4.69, 9.17) is 5.73 Å². The predicted molar refractivity (Wildman–Crippen MR) is 80.6 cm³/mol. The van der Waals surface area contributed by atoms with Gasteiger partial charge < -0.3 is 16.4 Å². The standard InChI is InChI=1S/C14H25N3O2.ClH/c1-10-9-11(5-8-16-10)12(18)17-14(13(15)19)6-3-2-4-7-14;/h10-11,16H,2-9H2,1H3,(H2,15,19)(H,17,18);1H/t10-,11-;/m0./s1. The second-order valence-corrected chi connectivity index (χ2v) is 6.07. The molecule has 2 rings (SSSR count). The first kappa shape index (κ1) is 17.2. The van der Waals surface area contributed by atoms with Crippen molar-refractivity contribution in [2.24, 2.45) is 11.7 Å². The van der Waals surface area contributed by atoms with Crippen molar-refractivity contribution in [3.63, 3.8) is 0 Å². The smallest absolute Gasteiger partial charge is 0.243 e. The van der Waals surface area contributed by atoms with Crippen LogP contribution in [0, 0.1) is 5.92 Å². The highest BCUT2D eigenvalue weighted by Gasteiger charge is 2.40. The van der Waals surface area contributed by atoms with Crippen LogP contribution in [0.15, 0.2) is 0 Å². The Morgan fingerprint density at radius 1 is 1.25 bits per heavy atom. The molecule has 1 heterocycles. The van der Waals surface area contributed by atoms with E-state index in [1.165, 1.54) is 0 Å². The van der Waals surface area contributed by atoms with E-state index in [1.807, 2.05) is 0 Å². The Morgan fingerprint density at radius 2 is 1.90 bits per heavy atom. The van der Waals surface area contributed by atoms with Crippen LogP contribution in [0.4, 0.5) is 0 Å². The summed E-state index contributed by atoms with van der Waals surface area (Å²) in [7, 11) is 0. The zero-order chi connectivity index (χ0) is 13.9. The van der Waals surface area contributed by atoms with E-state index in [1.54, 1.807) is 0 Å². The van der Waals surface area contributed by atoms with Gasteiger partial charge in [0.25, 0.3) is 0 Å². The van der Waals surface area contributed by atoms with Crippen molar-refractivity contribution in [2.75, 3.05) is 6.54 Å². The van der Waals surface area contributed by atoms with Crippen LogP contribution in [0.25, 0.3) is 0 Å². The van der Waals surface area contributed by atoms with E-state index in [2.05, 4.69) is 17.6 Å². The van der Waals surface area contributed by atoms with Gasteiger partial charge in [0.2, 0.25) is 11.8 Å². The lowest BCUT2D eigenvalue weighted by Crippen LogP contribution is -2.60. The van der Waals surface area contributed by atoms with Crippen LogP contribution < -0.4 is 16.4 Å². The van der Waals surface area contributed by atoms with Crippen molar-refractivity contribution in [1.82, 2.24) is 10.6 Å². The van der Waals surface area contributed by atoms with Crippen LogP contribution in [0.2, 0.25) is 0 Å². The van der Waals surface area contributed by atoms with Crippen LogP contribution >= 0.6 is 12.4 Å². The third-order valence-corrected chi connectivity index (χ3v) is 4.54. The van der Waals surface area contributed by atoms with Gasteiger partial charge in [0, 0.05) is 12.0 Å². The molecule has 0 aromatic rings. The van der Waals surface area contributed by atoms with Crippen LogP contribution in [-0.2, 0) is 9.59 Å². The average molecular weight is 304 g/mol. The Hall–Kier alpha value is -0.810. The van der Waals surface area contributed by atoms with Crippen molar-refractivity contribution >= 4 is 24.2 Å². The summed E-state index contributed by atoms with van der Waals surface area (Å²) < 4.78 is 0. The molecule has 1 saturated heterocycles. The fourth-order valence-corrected chi connectivity index (χ4v) is 3.30. The zero-order valence-corrected chi connectivity index (χ0v) is 12.9. The minimum Gasteiger partial charge on any atom is -0.368 e. The molecule has 1 aliphatic carbocycles. The molecular formula is C14H26ClN3O2. The molecule has 2 amide bonds. The van der Waals surface area contributed by atoms with Crippen molar-refractivity contribution in [1.29, 1.82) is 0 Å². The van der Waals surface area contributed by atoms with Crippen molar-refractivity contribution in [3.05, 3.63) is 0 Å². The summed E-state index contributed by atoms with van der Waals surface area (Å²) in [6, 6.07) is 0.361. The molecule has 0 aromatic heterocycles. The normalized spacial score (nSPS) is 29.1. The number of hydrogen-bond donors (Lipinski definition) is 3. The molecular weight excluding hydrogens is 278 g/mol. The Morgan fingerprint density at radius 3 is 2.45 bits per heavy atom. The van der Waals surface area contributed by atoms with Crippen molar-refractivity contribution in [3.8, 4) is 0 Å². The van der Waals surface area contributed by atoms with E-state index in [0.29, 0.717) is 18.9 Å². The van der Waals surface area contributed by atoms with E-state index < -0.39 is 5.54 Å². The molecule has 0 aromatic carbocycles. The first-order valence-electron chi connectivity index (χ1n) is 7.39. The summed E-state index contributed by atoms with van der Waals surface area (Å²) in [6.07, 6.45) is 6.10. The summed E-state index contributed by atoms with van der Waals surface area (Å²) in [5.41, 5.74) is 4.75. The van der Waals surface area contributed by atoms with Gasteiger partial charge in [-0.25, -0.2) is 0 Å². The highest BCUT2D eigenvalue weighted by molar-refractivity contribution is 5.91. The SMILES string of the molecule is C[C@H]1C[C@@H](C(=O)NC2(C(N)=O)CCCCC2)CCN1.Cl. The van der Waals surface area contributed by atoms with Gasteiger partial charge in [0.15, 0.2) is 0 Å². The molecule has 5 nitrogen and oxygen atoms in total. The molecule has 0 unspecified atom stereocenters. The number of nitrogens with two attached hydrogens (primary N) is 1. The number of hydrogen-bond acceptors (Lipinski definition) is 3. The van der Waals surface area contributed by atoms with Gasteiger partial charge >= 0.3 is 0 Å². The van der Waals surface area contributed by atoms with E-state index >= 15 is 0 Å². The maximum Gasteiger partial charge on any atom is 0.243 e. The molecule has 2 aliphatic rings. The summed E-state index contributed by atoms with van der Waals surface area (Å²) in [5.74, 6) is -0.356. The number of nitrogens with one attached hydrogen (secondary N) is 2. The maximum absolute atomic E-state index is 12.4. The Balaban J connectivity index is 0.00000200. The minimum absolute atomic E-state index is 0. The molecule has 1 aliphatic heterocycles. The first-order chi connectivity index (χ1) is 9.03. The molecule has 0 radical (unpaired) electrons. The number of amides is 2.